The summed E-state index contributed by atoms with van der Waals surface area (Å²) < 4.78 is 0. The highest BCUT2D eigenvalue weighted by Crippen LogP contribution is 2.34. The van der Waals surface area contributed by atoms with Crippen LogP contribution in [0.15, 0.2) is 48.5 Å². The van der Waals surface area contributed by atoms with Crippen molar-refractivity contribution in [2.75, 3.05) is 45.2 Å². The third kappa shape index (κ3) is 6.98. The summed E-state index contributed by atoms with van der Waals surface area (Å²) in [6, 6.07) is 16.4. The lowest BCUT2D eigenvalue weighted by molar-refractivity contribution is -0.137. The molecule has 2 amide bonds. The summed E-state index contributed by atoms with van der Waals surface area (Å²) in [6.45, 7) is 14.1. The van der Waals surface area contributed by atoms with Crippen LogP contribution in [-0.2, 0) is 10.2 Å². The summed E-state index contributed by atoms with van der Waals surface area (Å²) in [7, 11) is 3.60. The number of hydrogen-bond acceptors (Lipinski definition) is 3. The number of aryl methyl sites for hydroxylation is 1. The number of carbonyl (C=O) groups is 2. The van der Waals surface area contributed by atoms with Gasteiger partial charge in [0.25, 0.3) is 5.91 Å². The highest BCUT2D eigenvalue weighted by molar-refractivity contribution is 5.95. The summed E-state index contributed by atoms with van der Waals surface area (Å²) in [4.78, 5) is 31.9. The Hall–Kier alpha value is -2.82. The van der Waals surface area contributed by atoms with E-state index in [0.717, 1.165) is 67.5 Å². The fourth-order valence-corrected chi connectivity index (χ4v) is 5.97. The van der Waals surface area contributed by atoms with Gasteiger partial charge in [-0.25, -0.2) is 0 Å². The fraction of sp³-hybridized carbons (Fsp3) is 0.576. The first kappa shape index (κ1) is 29.7. The topological polar surface area (TPSA) is 43.9 Å². The maximum Gasteiger partial charge on any atom is 0.253 e. The van der Waals surface area contributed by atoms with Crippen LogP contribution >= 0.6 is 0 Å². The number of rotatable bonds is 6. The van der Waals surface area contributed by atoms with Gasteiger partial charge in [0.1, 0.15) is 0 Å². The number of hydrogen-bond donors (Lipinski definition) is 0. The Kier molecular flexibility index (Phi) is 10.4. The Bertz CT molecular complexity index is 1050. The van der Waals surface area contributed by atoms with Crippen molar-refractivity contribution in [1.82, 2.24) is 9.80 Å². The standard InChI is InChI=1S/C31H43N3O2.C2H6/c1-23-21-27(11-12-28(23)29(35)32(4)5)33-17-13-24(14-18-33)22-25-15-19-34(20-16-25)30(36)31(2,3)26-9-7-6-8-10-26;1-2/h6-12,21,24-25H,13-20,22H2,1-5H3;1-2H3. The van der Waals surface area contributed by atoms with Gasteiger partial charge in [-0.1, -0.05) is 44.2 Å². The highest BCUT2D eigenvalue weighted by atomic mass is 16.2. The van der Waals surface area contributed by atoms with Crippen LogP contribution < -0.4 is 4.90 Å². The summed E-state index contributed by atoms with van der Waals surface area (Å²) in [5.74, 6) is 1.82. The maximum absolute atomic E-state index is 13.3. The largest absolute Gasteiger partial charge is 0.372 e. The Morgan fingerprint density at radius 1 is 0.868 bits per heavy atom. The van der Waals surface area contributed by atoms with Gasteiger partial charge in [-0.2, -0.15) is 0 Å². The lowest BCUT2D eigenvalue weighted by Gasteiger charge is -2.39. The quantitative estimate of drug-likeness (QED) is 0.435. The molecule has 2 fully saturated rings. The lowest BCUT2D eigenvalue weighted by atomic mass is 9.80. The molecule has 0 spiro atoms. The molecular weight excluding hydrogens is 470 g/mol. The minimum absolute atomic E-state index is 0.0640. The van der Waals surface area contributed by atoms with Gasteiger partial charge in [-0.15, -0.1) is 0 Å². The van der Waals surface area contributed by atoms with Crippen molar-refractivity contribution in [2.45, 2.75) is 72.1 Å². The van der Waals surface area contributed by atoms with Gasteiger partial charge in [-0.3, -0.25) is 9.59 Å². The van der Waals surface area contributed by atoms with Crippen molar-refractivity contribution in [2.24, 2.45) is 11.8 Å². The maximum atomic E-state index is 13.3. The van der Waals surface area contributed by atoms with Gasteiger partial charge < -0.3 is 14.7 Å². The molecule has 208 valence electrons. The molecule has 2 aliphatic heterocycles. The molecule has 0 radical (unpaired) electrons. The third-order valence-corrected chi connectivity index (χ3v) is 8.42. The molecule has 5 heteroatoms. The molecule has 0 N–H and O–H groups in total. The van der Waals surface area contributed by atoms with E-state index in [1.165, 1.54) is 24.9 Å². The van der Waals surface area contributed by atoms with E-state index in [4.69, 9.17) is 0 Å². The molecule has 0 saturated carbocycles. The van der Waals surface area contributed by atoms with Crippen LogP contribution in [-0.4, -0.2) is 61.9 Å². The summed E-state index contributed by atoms with van der Waals surface area (Å²) in [5.41, 5.74) is 3.69. The Balaban J connectivity index is 0.00000195. The molecule has 2 aromatic carbocycles. The van der Waals surface area contributed by atoms with E-state index in [-0.39, 0.29) is 11.8 Å². The molecule has 0 atom stereocenters. The van der Waals surface area contributed by atoms with Crippen molar-refractivity contribution in [1.29, 1.82) is 0 Å². The van der Waals surface area contributed by atoms with Crippen LogP contribution in [0.25, 0.3) is 0 Å². The van der Waals surface area contributed by atoms with E-state index < -0.39 is 5.41 Å². The predicted octanol–water partition coefficient (Wildman–Crippen LogP) is 6.55. The smallest absolute Gasteiger partial charge is 0.253 e. The summed E-state index contributed by atoms with van der Waals surface area (Å²) in [5, 5.41) is 0. The third-order valence-electron chi connectivity index (χ3n) is 8.42. The Labute approximate surface area is 231 Å². The monoisotopic (exact) mass is 519 g/mol. The number of nitrogens with zero attached hydrogens (tertiary/aromatic N) is 3. The van der Waals surface area contributed by atoms with Crippen molar-refractivity contribution in [3.8, 4) is 0 Å². The van der Waals surface area contributed by atoms with Crippen LogP contribution in [0.4, 0.5) is 5.69 Å². The molecule has 4 rings (SSSR count). The molecule has 0 unspecified atom stereocenters. The fourth-order valence-electron chi connectivity index (χ4n) is 5.97. The van der Waals surface area contributed by atoms with Gasteiger partial charge in [-0.05, 0) is 94.0 Å². The predicted molar refractivity (Wildman–Crippen MR) is 159 cm³/mol. The van der Waals surface area contributed by atoms with Crippen molar-refractivity contribution >= 4 is 17.5 Å². The van der Waals surface area contributed by atoms with Crippen molar-refractivity contribution < 1.29 is 9.59 Å². The van der Waals surface area contributed by atoms with Crippen molar-refractivity contribution in [3.05, 3.63) is 65.2 Å². The molecular formula is C33H49N3O2. The van der Waals surface area contributed by atoms with Crippen LogP contribution in [0.2, 0.25) is 0 Å². The lowest BCUT2D eigenvalue weighted by Crippen LogP contribution is -2.47. The van der Waals surface area contributed by atoms with E-state index in [2.05, 4.69) is 47.9 Å². The molecule has 2 aliphatic rings. The van der Waals surface area contributed by atoms with E-state index in [0.29, 0.717) is 0 Å². The van der Waals surface area contributed by atoms with Crippen LogP contribution in [0, 0.1) is 18.8 Å². The van der Waals surface area contributed by atoms with E-state index in [1.807, 2.05) is 45.0 Å². The second kappa shape index (κ2) is 13.3. The molecule has 38 heavy (non-hydrogen) atoms. The van der Waals surface area contributed by atoms with Gasteiger partial charge in [0, 0.05) is 51.5 Å². The highest BCUT2D eigenvalue weighted by Gasteiger charge is 2.36. The van der Waals surface area contributed by atoms with Gasteiger partial charge in [0.15, 0.2) is 0 Å². The zero-order valence-corrected chi connectivity index (χ0v) is 24.8. The number of benzene rings is 2. The number of anilines is 1. The van der Waals surface area contributed by atoms with Crippen LogP contribution in [0.5, 0.6) is 0 Å². The van der Waals surface area contributed by atoms with Crippen molar-refractivity contribution in [3.63, 3.8) is 0 Å². The SMILES string of the molecule is CC.Cc1cc(N2CCC(CC3CCN(C(=O)C(C)(C)c4ccccc4)CC3)CC2)ccc1C(=O)N(C)C. The summed E-state index contributed by atoms with van der Waals surface area (Å²) >= 11 is 0. The average molecular weight is 520 g/mol. The molecule has 2 aromatic rings. The number of carbonyl (C=O) groups excluding carboxylic acids is 2. The Morgan fingerprint density at radius 2 is 1.42 bits per heavy atom. The van der Waals surface area contributed by atoms with Crippen LogP contribution in [0.1, 0.15) is 81.3 Å². The van der Waals surface area contributed by atoms with Crippen LogP contribution in [0.3, 0.4) is 0 Å². The van der Waals surface area contributed by atoms with E-state index in [9.17, 15) is 9.59 Å². The second-order valence-electron chi connectivity index (χ2n) is 11.6. The molecule has 0 aliphatic carbocycles. The molecule has 0 bridgehead atoms. The van der Waals surface area contributed by atoms with Gasteiger partial charge >= 0.3 is 0 Å². The molecule has 2 saturated heterocycles. The normalized spacial score (nSPS) is 17.0. The number of likely N-dealkylation sites (tertiary alicyclic amines) is 1. The minimum Gasteiger partial charge on any atom is -0.372 e. The second-order valence-corrected chi connectivity index (χ2v) is 11.6. The zero-order valence-electron chi connectivity index (χ0n) is 24.8. The number of amides is 2. The van der Waals surface area contributed by atoms with E-state index in [1.54, 1.807) is 19.0 Å². The molecule has 2 heterocycles. The number of piperidine rings is 2. The molecule has 0 aromatic heterocycles. The van der Waals surface area contributed by atoms with E-state index >= 15 is 0 Å². The average Bonchev–Trinajstić information content (AvgIpc) is 2.94. The first-order valence-corrected chi connectivity index (χ1v) is 14.6. The first-order chi connectivity index (χ1) is 18.2. The minimum atomic E-state index is -0.475. The van der Waals surface area contributed by atoms with Gasteiger partial charge in [0.05, 0.1) is 5.41 Å². The Morgan fingerprint density at radius 3 is 1.95 bits per heavy atom. The first-order valence-electron chi connectivity index (χ1n) is 14.6. The molecule has 5 nitrogen and oxygen atoms in total. The van der Waals surface area contributed by atoms with Gasteiger partial charge in [0.2, 0.25) is 5.91 Å². The summed E-state index contributed by atoms with van der Waals surface area (Å²) in [6.07, 6.45) is 5.97. The zero-order chi connectivity index (χ0) is 27.9.